The van der Waals surface area contributed by atoms with Crippen LogP contribution in [0.4, 0.5) is 4.39 Å². The largest absolute Gasteiger partial charge is 0.355 e. The number of aromatic amines is 1. The summed E-state index contributed by atoms with van der Waals surface area (Å²) in [6, 6.07) is 17.1. The van der Waals surface area contributed by atoms with Gasteiger partial charge in [0, 0.05) is 37.3 Å². The molecule has 3 heterocycles. The van der Waals surface area contributed by atoms with Gasteiger partial charge in [-0.05, 0) is 17.7 Å². The van der Waals surface area contributed by atoms with Gasteiger partial charge in [-0.15, -0.1) is 0 Å². The number of nitrogens with zero attached hydrogens (tertiary/aromatic N) is 3. The first-order valence-electron chi connectivity index (χ1n) is 9.15. The van der Waals surface area contributed by atoms with E-state index in [-0.39, 0.29) is 5.82 Å². The van der Waals surface area contributed by atoms with E-state index in [1.165, 1.54) is 22.9 Å². The van der Waals surface area contributed by atoms with Crippen LogP contribution >= 0.6 is 0 Å². The van der Waals surface area contributed by atoms with Crippen molar-refractivity contribution in [2.75, 3.05) is 6.54 Å². The molecule has 4 aromatic rings. The lowest BCUT2D eigenvalue weighted by Crippen LogP contribution is -2.29. The lowest BCUT2D eigenvalue weighted by molar-refractivity contribution is 0.245. The zero-order chi connectivity index (χ0) is 18.2. The van der Waals surface area contributed by atoms with Crippen molar-refractivity contribution in [3.05, 3.63) is 83.4 Å². The molecular formula is C22H19FN4. The SMILES string of the molecule is Fc1ccccc1-c1ncc2[nH]c3c(c2n1)CN(Cc1ccccc1)CC3. The third-order valence-electron chi connectivity index (χ3n) is 5.15. The molecule has 1 aliphatic rings. The quantitative estimate of drug-likeness (QED) is 0.593. The Labute approximate surface area is 156 Å². The van der Waals surface area contributed by atoms with Gasteiger partial charge in [0.15, 0.2) is 5.82 Å². The summed E-state index contributed by atoms with van der Waals surface area (Å²) in [5.41, 5.74) is 5.98. The fraction of sp³-hybridized carbons (Fsp3) is 0.182. The van der Waals surface area contributed by atoms with Crippen LogP contribution in [0.2, 0.25) is 0 Å². The number of nitrogens with one attached hydrogen (secondary N) is 1. The summed E-state index contributed by atoms with van der Waals surface area (Å²) >= 11 is 0. The van der Waals surface area contributed by atoms with Crippen LogP contribution < -0.4 is 0 Å². The Morgan fingerprint density at radius 3 is 2.70 bits per heavy atom. The zero-order valence-corrected chi connectivity index (χ0v) is 14.8. The summed E-state index contributed by atoms with van der Waals surface area (Å²) in [5.74, 6) is 0.134. The molecule has 0 bridgehead atoms. The van der Waals surface area contributed by atoms with Crippen molar-refractivity contribution in [3.63, 3.8) is 0 Å². The monoisotopic (exact) mass is 358 g/mol. The summed E-state index contributed by atoms with van der Waals surface area (Å²) in [7, 11) is 0. The molecule has 0 fully saturated rings. The average molecular weight is 358 g/mol. The number of fused-ring (bicyclic) bond motifs is 3. The summed E-state index contributed by atoms with van der Waals surface area (Å²) in [4.78, 5) is 15.0. The van der Waals surface area contributed by atoms with E-state index >= 15 is 0 Å². The molecule has 4 nitrogen and oxygen atoms in total. The zero-order valence-electron chi connectivity index (χ0n) is 14.8. The number of hydrogen-bond acceptors (Lipinski definition) is 3. The number of hydrogen-bond donors (Lipinski definition) is 1. The third kappa shape index (κ3) is 3.00. The Balaban J connectivity index is 1.50. The molecule has 2 aromatic heterocycles. The molecule has 0 saturated carbocycles. The van der Waals surface area contributed by atoms with Gasteiger partial charge in [-0.2, -0.15) is 0 Å². The normalized spacial score (nSPS) is 14.4. The molecule has 0 saturated heterocycles. The predicted octanol–water partition coefficient (Wildman–Crippen LogP) is 4.32. The first-order chi connectivity index (χ1) is 13.3. The van der Waals surface area contributed by atoms with Gasteiger partial charge < -0.3 is 4.98 Å². The van der Waals surface area contributed by atoms with E-state index in [1.807, 2.05) is 6.07 Å². The lowest BCUT2D eigenvalue weighted by atomic mass is 10.1. The topological polar surface area (TPSA) is 44.8 Å². The first kappa shape index (κ1) is 16.1. The van der Waals surface area contributed by atoms with Crippen LogP contribution in [0.3, 0.4) is 0 Å². The number of rotatable bonds is 3. The molecule has 0 atom stereocenters. The smallest absolute Gasteiger partial charge is 0.162 e. The maximum absolute atomic E-state index is 14.1. The van der Waals surface area contributed by atoms with Gasteiger partial charge in [0.1, 0.15) is 5.82 Å². The molecule has 0 radical (unpaired) electrons. The fourth-order valence-corrected chi connectivity index (χ4v) is 3.79. The van der Waals surface area contributed by atoms with Gasteiger partial charge in [-0.3, -0.25) is 4.90 Å². The predicted molar refractivity (Wildman–Crippen MR) is 104 cm³/mol. The van der Waals surface area contributed by atoms with Gasteiger partial charge in [0.05, 0.1) is 22.8 Å². The van der Waals surface area contributed by atoms with Crippen LogP contribution in [0.1, 0.15) is 16.8 Å². The molecule has 27 heavy (non-hydrogen) atoms. The van der Waals surface area contributed by atoms with Gasteiger partial charge in [-0.1, -0.05) is 42.5 Å². The van der Waals surface area contributed by atoms with Gasteiger partial charge in [0.2, 0.25) is 0 Å². The van der Waals surface area contributed by atoms with Crippen LogP contribution in [0.25, 0.3) is 22.4 Å². The van der Waals surface area contributed by atoms with E-state index in [0.29, 0.717) is 11.4 Å². The van der Waals surface area contributed by atoms with E-state index in [9.17, 15) is 4.39 Å². The Kier molecular flexibility index (Phi) is 3.94. The van der Waals surface area contributed by atoms with Crippen molar-refractivity contribution in [1.29, 1.82) is 0 Å². The Hall–Kier alpha value is -3.05. The Morgan fingerprint density at radius 1 is 1.04 bits per heavy atom. The van der Waals surface area contributed by atoms with Crippen molar-refractivity contribution < 1.29 is 4.39 Å². The molecule has 0 amide bonds. The van der Waals surface area contributed by atoms with E-state index in [0.717, 1.165) is 37.1 Å². The second-order valence-electron chi connectivity index (χ2n) is 6.96. The van der Waals surface area contributed by atoms with Crippen LogP contribution in [-0.4, -0.2) is 26.4 Å². The standard InChI is InChI=1S/C22H19FN4/c23-18-9-5-4-8-16(18)22-24-12-20-21(26-22)17-14-27(11-10-19(17)25-20)13-15-6-2-1-3-7-15/h1-9,12,25H,10-11,13-14H2. The van der Waals surface area contributed by atoms with E-state index in [1.54, 1.807) is 24.4 Å². The highest BCUT2D eigenvalue weighted by Crippen LogP contribution is 2.29. The van der Waals surface area contributed by atoms with Gasteiger partial charge in [-0.25, -0.2) is 14.4 Å². The van der Waals surface area contributed by atoms with E-state index < -0.39 is 0 Å². The molecule has 2 aromatic carbocycles. The van der Waals surface area contributed by atoms with E-state index in [4.69, 9.17) is 4.98 Å². The molecule has 0 aliphatic carbocycles. The molecule has 134 valence electrons. The van der Waals surface area contributed by atoms with Crippen molar-refractivity contribution in [2.45, 2.75) is 19.5 Å². The van der Waals surface area contributed by atoms with Crippen molar-refractivity contribution in [1.82, 2.24) is 19.9 Å². The van der Waals surface area contributed by atoms with Crippen molar-refractivity contribution in [3.8, 4) is 11.4 Å². The minimum atomic E-state index is -0.299. The number of H-pyrrole nitrogens is 1. The van der Waals surface area contributed by atoms with Crippen molar-refractivity contribution in [2.24, 2.45) is 0 Å². The minimum Gasteiger partial charge on any atom is -0.355 e. The third-order valence-corrected chi connectivity index (χ3v) is 5.15. The van der Waals surface area contributed by atoms with Crippen LogP contribution in [0, 0.1) is 5.82 Å². The van der Waals surface area contributed by atoms with Crippen molar-refractivity contribution >= 4 is 11.0 Å². The highest BCUT2D eigenvalue weighted by molar-refractivity contribution is 5.82. The second-order valence-corrected chi connectivity index (χ2v) is 6.96. The van der Waals surface area contributed by atoms with Crippen LogP contribution in [-0.2, 0) is 19.5 Å². The van der Waals surface area contributed by atoms with Crippen LogP contribution in [0.15, 0.2) is 60.8 Å². The summed E-state index contributed by atoms with van der Waals surface area (Å²) in [6.45, 7) is 2.75. The Bertz CT molecular complexity index is 1100. The van der Waals surface area contributed by atoms with Crippen LogP contribution in [0.5, 0.6) is 0 Å². The van der Waals surface area contributed by atoms with Gasteiger partial charge in [0.25, 0.3) is 0 Å². The average Bonchev–Trinajstić information content (AvgIpc) is 3.06. The first-order valence-corrected chi connectivity index (χ1v) is 9.15. The molecule has 1 aliphatic heterocycles. The minimum absolute atomic E-state index is 0.299. The molecule has 0 spiro atoms. The molecular weight excluding hydrogens is 339 g/mol. The number of aromatic nitrogens is 3. The maximum atomic E-state index is 14.1. The highest BCUT2D eigenvalue weighted by atomic mass is 19.1. The number of halogens is 1. The molecule has 1 N–H and O–H groups in total. The molecule has 5 heteroatoms. The highest BCUT2D eigenvalue weighted by Gasteiger charge is 2.22. The Morgan fingerprint density at radius 2 is 1.85 bits per heavy atom. The summed E-state index contributed by atoms with van der Waals surface area (Å²) in [5, 5.41) is 0. The maximum Gasteiger partial charge on any atom is 0.162 e. The van der Waals surface area contributed by atoms with E-state index in [2.05, 4.69) is 39.1 Å². The molecule has 0 unspecified atom stereocenters. The number of benzene rings is 2. The second kappa shape index (κ2) is 6.59. The fourth-order valence-electron chi connectivity index (χ4n) is 3.79. The summed E-state index contributed by atoms with van der Waals surface area (Å²) < 4.78 is 14.1. The van der Waals surface area contributed by atoms with Gasteiger partial charge >= 0.3 is 0 Å². The molecule has 5 rings (SSSR count). The lowest BCUT2D eigenvalue weighted by Gasteiger charge is -2.26. The summed E-state index contributed by atoms with van der Waals surface area (Å²) in [6.07, 6.45) is 2.72.